The molecule has 28 heavy (non-hydrogen) atoms. The van der Waals surface area contributed by atoms with Crippen LogP contribution in [0.4, 0.5) is 5.69 Å². The summed E-state index contributed by atoms with van der Waals surface area (Å²) in [6, 6.07) is 8.73. The number of non-ortho nitro benzene ring substituents is 1. The van der Waals surface area contributed by atoms with E-state index < -0.39 is 10.8 Å². The van der Waals surface area contributed by atoms with Crippen LogP contribution in [0.25, 0.3) is 6.08 Å². The van der Waals surface area contributed by atoms with Gasteiger partial charge in [-0.15, -0.1) is 0 Å². The van der Waals surface area contributed by atoms with Gasteiger partial charge in [-0.25, -0.2) is 0 Å². The minimum atomic E-state index is -0.593. The predicted octanol–water partition coefficient (Wildman–Crippen LogP) is 3.36. The monoisotopic (exact) mass is 383 g/mol. The van der Waals surface area contributed by atoms with Crippen LogP contribution < -0.4 is 5.32 Å². The van der Waals surface area contributed by atoms with Crippen LogP contribution in [0.5, 0.6) is 0 Å². The molecule has 0 bridgehead atoms. The molecule has 1 aromatic heterocycles. The van der Waals surface area contributed by atoms with E-state index in [1.807, 2.05) is 0 Å². The maximum Gasteiger partial charge on any atom is 0.270 e. The molecule has 1 fully saturated rings. The highest BCUT2D eigenvalue weighted by atomic mass is 16.6. The molecule has 0 atom stereocenters. The topological polar surface area (TPSA) is 106 Å². The highest BCUT2D eigenvalue weighted by Gasteiger charge is 2.22. The Morgan fingerprint density at radius 2 is 1.86 bits per heavy atom. The summed E-state index contributed by atoms with van der Waals surface area (Å²) >= 11 is 0. The van der Waals surface area contributed by atoms with E-state index in [4.69, 9.17) is 4.42 Å². The summed E-state index contributed by atoms with van der Waals surface area (Å²) in [4.78, 5) is 37.7. The third kappa shape index (κ3) is 4.85. The summed E-state index contributed by atoms with van der Waals surface area (Å²) < 4.78 is 5.28. The molecule has 1 aliphatic heterocycles. The number of likely N-dealkylation sites (tertiary alicyclic amines) is 1. The Morgan fingerprint density at radius 1 is 1.11 bits per heavy atom. The lowest BCUT2D eigenvalue weighted by Gasteiger charge is -2.22. The molecule has 2 heterocycles. The molecule has 2 aromatic rings. The zero-order valence-electron chi connectivity index (χ0n) is 15.3. The SMILES string of the molecule is O=C(N/C(=C\c1ccco1)C(=O)N1CCCCCC1)c1cccc([N+](=O)[O-])c1. The summed E-state index contributed by atoms with van der Waals surface area (Å²) in [7, 11) is 0. The lowest BCUT2D eigenvalue weighted by atomic mass is 10.1. The number of rotatable bonds is 5. The van der Waals surface area contributed by atoms with Gasteiger partial charge >= 0.3 is 0 Å². The van der Waals surface area contributed by atoms with E-state index in [9.17, 15) is 19.7 Å². The third-order valence-electron chi connectivity index (χ3n) is 4.52. The van der Waals surface area contributed by atoms with E-state index >= 15 is 0 Å². The van der Waals surface area contributed by atoms with E-state index in [1.165, 1.54) is 36.6 Å². The predicted molar refractivity (Wildman–Crippen MR) is 102 cm³/mol. The lowest BCUT2D eigenvalue weighted by Crippen LogP contribution is -2.39. The van der Waals surface area contributed by atoms with Gasteiger partial charge < -0.3 is 14.6 Å². The Hall–Kier alpha value is -3.42. The van der Waals surface area contributed by atoms with Crippen LogP contribution >= 0.6 is 0 Å². The van der Waals surface area contributed by atoms with Crippen LogP contribution in [0.1, 0.15) is 41.8 Å². The fraction of sp³-hybridized carbons (Fsp3) is 0.300. The number of hydrogen-bond acceptors (Lipinski definition) is 5. The van der Waals surface area contributed by atoms with E-state index in [-0.39, 0.29) is 22.9 Å². The summed E-state index contributed by atoms with van der Waals surface area (Å²) in [5.41, 5.74) is -0.0142. The van der Waals surface area contributed by atoms with Crippen LogP contribution in [0.2, 0.25) is 0 Å². The average molecular weight is 383 g/mol. The normalized spacial score (nSPS) is 15.0. The van der Waals surface area contributed by atoms with Gasteiger partial charge in [-0.05, 0) is 31.0 Å². The van der Waals surface area contributed by atoms with Crippen molar-refractivity contribution >= 4 is 23.6 Å². The van der Waals surface area contributed by atoms with Gasteiger partial charge in [-0.2, -0.15) is 0 Å². The highest BCUT2D eigenvalue weighted by Crippen LogP contribution is 2.16. The Labute approximate surface area is 162 Å². The van der Waals surface area contributed by atoms with Crippen molar-refractivity contribution in [2.75, 3.05) is 13.1 Å². The number of amides is 2. The number of carbonyl (C=O) groups is 2. The molecule has 3 rings (SSSR count). The molecule has 0 unspecified atom stereocenters. The summed E-state index contributed by atoms with van der Waals surface area (Å²) in [5.74, 6) is -0.459. The van der Waals surface area contributed by atoms with Gasteiger partial charge in [-0.1, -0.05) is 18.9 Å². The van der Waals surface area contributed by atoms with Gasteiger partial charge in [0.2, 0.25) is 0 Å². The first-order chi connectivity index (χ1) is 13.5. The number of benzene rings is 1. The molecular weight excluding hydrogens is 362 g/mol. The molecule has 0 spiro atoms. The quantitative estimate of drug-likeness (QED) is 0.484. The Kier molecular flexibility index (Phi) is 6.21. The smallest absolute Gasteiger partial charge is 0.270 e. The molecule has 8 nitrogen and oxygen atoms in total. The van der Waals surface area contributed by atoms with Gasteiger partial charge in [0.1, 0.15) is 11.5 Å². The first-order valence-electron chi connectivity index (χ1n) is 9.15. The lowest BCUT2D eigenvalue weighted by molar-refractivity contribution is -0.384. The Bertz CT molecular complexity index is 881. The zero-order chi connectivity index (χ0) is 19.9. The van der Waals surface area contributed by atoms with E-state index in [1.54, 1.807) is 17.0 Å². The van der Waals surface area contributed by atoms with Crippen LogP contribution in [-0.4, -0.2) is 34.7 Å². The van der Waals surface area contributed by atoms with Crippen LogP contribution in [0, 0.1) is 10.1 Å². The number of nitrogens with zero attached hydrogens (tertiary/aromatic N) is 2. The van der Waals surface area contributed by atoms with Gasteiger partial charge in [0.15, 0.2) is 0 Å². The standard InChI is InChI=1S/C20H21N3O5/c24-19(15-7-5-8-16(13-15)23(26)27)21-18(14-17-9-6-12-28-17)20(25)22-10-3-1-2-4-11-22/h5-9,12-14H,1-4,10-11H2,(H,21,24)/b18-14-. The van der Waals surface area contributed by atoms with Crippen molar-refractivity contribution < 1.29 is 18.9 Å². The second kappa shape index (κ2) is 8.98. The molecule has 1 saturated heterocycles. The molecule has 0 saturated carbocycles. The first kappa shape index (κ1) is 19.3. The maximum absolute atomic E-state index is 13.0. The number of carbonyl (C=O) groups excluding carboxylic acids is 2. The molecule has 0 radical (unpaired) electrons. The molecule has 8 heteroatoms. The second-order valence-electron chi connectivity index (χ2n) is 6.54. The van der Waals surface area contributed by atoms with E-state index in [0.717, 1.165) is 25.7 Å². The largest absolute Gasteiger partial charge is 0.465 e. The molecule has 0 aliphatic carbocycles. The van der Waals surface area contributed by atoms with Crippen molar-refractivity contribution in [3.05, 3.63) is 69.8 Å². The maximum atomic E-state index is 13.0. The minimum absolute atomic E-state index is 0.0772. The van der Waals surface area contributed by atoms with Crippen LogP contribution in [0.15, 0.2) is 52.8 Å². The molecule has 2 amide bonds. The number of furan rings is 1. The van der Waals surface area contributed by atoms with E-state index in [0.29, 0.717) is 18.8 Å². The number of hydrogen-bond donors (Lipinski definition) is 1. The number of nitrogens with one attached hydrogen (secondary N) is 1. The summed E-state index contributed by atoms with van der Waals surface area (Å²) in [6.45, 7) is 1.25. The fourth-order valence-corrected chi connectivity index (χ4v) is 3.07. The number of nitro benzene ring substituents is 1. The molecular formula is C20H21N3O5. The van der Waals surface area contributed by atoms with Gasteiger partial charge in [0.25, 0.3) is 17.5 Å². The Balaban J connectivity index is 1.85. The highest BCUT2D eigenvalue weighted by molar-refractivity contribution is 6.05. The van der Waals surface area contributed by atoms with Gasteiger partial charge in [-0.3, -0.25) is 19.7 Å². The van der Waals surface area contributed by atoms with Crippen molar-refractivity contribution in [2.24, 2.45) is 0 Å². The molecule has 1 N–H and O–H groups in total. The molecule has 146 valence electrons. The zero-order valence-corrected chi connectivity index (χ0v) is 15.3. The Morgan fingerprint density at radius 3 is 2.50 bits per heavy atom. The first-order valence-corrected chi connectivity index (χ1v) is 9.15. The average Bonchev–Trinajstić information content (AvgIpc) is 3.06. The fourth-order valence-electron chi connectivity index (χ4n) is 3.07. The second-order valence-corrected chi connectivity index (χ2v) is 6.54. The van der Waals surface area contributed by atoms with Crippen molar-refractivity contribution in [3.63, 3.8) is 0 Å². The minimum Gasteiger partial charge on any atom is -0.465 e. The van der Waals surface area contributed by atoms with Crippen LogP contribution in [-0.2, 0) is 4.79 Å². The van der Waals surface area contributed by atoms with Crippen molar-refractivity contribution in [3.8, 4) is 0 Å². The van der Waals surface area contributed by atoms with Crippen molar-refractivity contribution in [1.82, 2.24) is 10.2 Å². The number of nitro groups is 1. The van der Waals surface area contributed by atoms with Crippen molar-refractivity contribution in [1.29, 1.82) is 0 Å². The third-order valence-corrected chi connectivity index (χ3v) is 4.52. The summed E-state index contributed by atoms with van der Waals surface area (Å²) in [5, 5.41) is 13.5. The van der Waals surface area contributed by atoms with Crippen molar-refractivity contribution in [2.45, 2.75) is 25.7 Å². The van der Waals surface area contributed by atoms with Gasteiger partial charge in [0, 0.05) is 36.9 Å². The van der Waals surface area contributed by atoms with E-state index in [2.05, 4.69) is 5.32 Å². The van der Waals surface area contributed by atoms with Crippen LogP contribution in [0.3, 0.4) is 0 Å². The molecule has 1 aromatic carbocycles. The molecule has 1 aliphatic rings. The van der Waals surface area contributed by atoms with Gasteiger partial charge in [0.05, 0.1) is 11.2 Å². The summed E-state index contributed by atoms with van der Waals surface area (Å²) in [6.07, 6.45) is 6.92.